The Morgan fingerprint density at radius 1 is 1.12 bits per heavy atom. The Hall–Kier alpha value is -2.87. The molecule has 8 nitrogen and oxygen atoms in total. The van der Waals surface area contributed by atoms with Gasteiger partial charge in [-0.25, -0.2) is 4.79 Å². The lowest BCUT2D eigenvalue weighted by Gasteiger charge is -2.33. The molecule has 1 amide bonds. The van der Waals surface area contributed by atoms with Gasteiger partial charge in [0.25, 0.3) is 5.91 Å². The van der Waals surface area contributed by atoms with Crippen LogP contribution >= 0.6 is 0 Å². The summed E-state index contributed by atoms with van der Waals surface area (Å²) in [4.78, 5) is 38.5. The van der Waals surface area contributed by atoms with Crippen LogP contribution in [0.5, 0.6) is 5.75 Å². The highest BCUT2D eigenvalue weighted by Crippen LogP contribution is 2.19. The maximum atomic E-state index is 12.3. The number of esters is 1. The highest BCUT2D eigenvalue weighted by Gasteiger charge is 2.22. The number of hydrogen-bond acceptors (Lipinski definition) is 7. The maximum absolute atomic E-state index is 12.3. The number of rotatable bonds is 5. The first-order chi connectivity index (χ1) is 12.5. The molecule has 0 bridgehead atoms. The van der Waals surface area contributed by atoms with Gasteiger partial charge in [-0.05, 0) is 18.2 Å². The van der Waals surface area contributed by atoms with Gasteiger partial charge in [0, 0.05) is 43.7 Å². The third-order valence-corrected chi connectivity index (χ3v) is 4.26. The molecule has 1 saturated heterocycles. The molecule has 0 N–H and O–H groups in total. The largest absolute Gasteiger partial charge is 0.484 e. The van der Waals surface area contributed by atoms with Crippen LogP contribution in [0.3, 0.4) is 0 Å². The van der Waals surface area contributed by atoms with E-state index < -0.39 is 5.63 Å². The van der Waals surface area contributed by atoms with Crippen LogP contribution in [0.2, 0.25) is 0 Å². The number of piperazine rings is 1. The van der Waals surface area contributed by atoms with Gasteiger partial charge >= 0.3 is 11.6 Å². The number of benzene rings is 1. The van der Waals surface area contributed by atoms with Crippen molar-refractivity contribution in [1.82, 2.24) is 9.80 Å². The van der Waals surface area contributed by atoms with Gasteiger partial charge in [0.2, 0.25) is 0 Å². The summed E-state index contributed by atoms with van der Waals surface area (Å²) >= 11 is 0. The second-order valence-corrected chi connectivity index (χ2v) is 5.98. The number of carbonyl (C=O) groups excluding carboxylic acids is 2. The smallest absolute Gasteiger partial charge is 0.336 e. The van der Waals surface area contributed by atoms with Crippen LogP contribution < -0.4 is 10.4 Å². The van der Waals surface area contributed by atoms with Crippen LogP contribution in [0.15, 0.2) is 39.5 Å². The standard InChI is InChI=1S/C18H20N2O6/c1-24-18(23)11-19-6-8-20(9-7-19)16(21)12-25-14-4-2-13-3-5-17(22)26-15(13)10-14/h2-5,10H,6-9,11-12H2,1H3. The molecule has 0 spiro atoms. The van der Waals surface area contributed by atoms with Gasteiger partial charge in [-0.15, -0.1) is 0 Å². The SMILES string of the molecule is COC(=O)CN1CCN(C(=O)COc2ccc3ccc(=O)oc3c2)CC1. The lowest BCUT2D eigenvalue weighted by molar-refractivity contribution is -0.143. The van der Waals surface area contributed by atoms with Gasteiger partial charge < -0.3 is 18.8 Å². The molecule has 138 valence electrons. The Balaban J connectivity index is 1.51. The fourth-order valence-electron chi connectivity index (χ4n) is 2.77. The molecular formula is C18H20N2O6. The van der Waals surface area contributed by atoms with Gasteiger partial charge in [0.1, 0.15) is 11.3 Å². The van der Waals surface area contributed by atoms with Gasteiger partial charge in [-0.1, -0.05) is 0 Å². The van der Waals surface area contributed by atoms with E-state index in [4.69, 9.17) is 9.15 Å². The molecule has 1 aromatic carbocycles. The van der Waals surface area contributed by atoms with Crippen LogP contribution in [0.1, 0.15) is 0 Å². The van der Waals surface area contributed by atoms with Crippen molar-refractivity contribution >= 4 is 22.8 Å². The molecule has 2 aromatic rings. The van der Waals surface area contributed by atoms with Crippen molar-refractivity contribution in [2.75, 3.05) is 46.4 Å². The fourth-order valence-corrected chi connectivity index (χ4v) is 2.77. The van der Waals surface area contributed by atoms with E-state index in [9.17, 15) is 14.4 Å². The molecule has 0 aliphatic carbocycles. The van der Waals surface area contributed by atoms with E-state index in [1.165, 1.54) is 13.2 Å². The Morgan fingerprint density at radius 2 is 1.85 bits per heavy atom. The second kappa shape index (κ2) is 8.01. The van der Waals surface area contributed by atoms with Gasteiger partial charge in [0.05, 0.1) is 13.7 Å². The number of amides is 1. The Bertz CT molecular complexity index is 854. The van der Waals surface area contributed by atoms with Crippen molar-refractivity contribution in [2.24, 2.45) is 0 Å². The van der Waals surface area contributed by atoms with Crippen LogP contribution in [-0.4, -0.2) is 68.1 Å². The van der Waals surface area contributed by atoms with Crippen molar-refractivity contribution in [3.63, 3.8) is 0 Å². The molecule has 1 aliphatic rings. The van der Waals surface area contributed by atoms with Crippen LogP contribution in [-0.2, 0) is 14.3 Å². The quantitative estimate of drug-likeness (QED) is 0.566. The monoisotopic (exact) mass is 360 g/mol. The van der Waals surface area contributed by atoms with Crippen molar-refractivity contribution in [1.29, 1.82) is 0 Å². The molecule has 0 atom stereocenters. The van der Waals surface area contributed by atoms with Crippen LogP contribution in [0, 0.1) is 0 Å². The first-order valence-corrected chi connectivity index (χ1v) is 8.29. The Morgan fingerprint density at radius 3 is 2.58 bits per heavy atom. The van der Waals surface area contributed by atoms with E-state index in [1.54, 1.807) is 29.2 Å². The molecule has 0 saturated carbocycles. The topological polar surface area (TPSA) is 89.3 Å². The lowest BCUT2D eigenvalue weighted by atomic mass is 10.2. The molecule has 1 aliphatic heterocycles. The predicted octanol–water partition coefficient (Wildman–Crippen LogP) is 0.489. The maximum Gasteiger partial charge on any atom is 0.336 e. The zero-order chi connectivity index (χ0) is 18.5. The summed E-state index contributed by atoms with van der Waals surface area (Å²) in [5, 5.41) is 0.782. The average molecular weight is 360 g/mol. The van der Waals surface area contributed by atoms with Crippen LogP contribution in [0.25, 0.3) is 11.0 Å². The first-order valence-electron chi connectivity index (χ1n) is 8.29. The van der Waals surface area contributed by atoms with E-state index in [1.807, 2.05) is 4.90 Å². The molecular weight excluding hydrogens is 340 g/mol. The Labute approximate surface area is 149 Å². The minimum Gasteiger partial charge on any atom is -0.484 e. The number of fused-ring (bicyclic) bond motifs is 1. The molecule has 0 unspecified atom stereocenters. The van der Waals surface area contributed by atoms with Gasteiger partial charge in [0.15, 0.2) is 6.61 Å². The summed E-state index contributed by atoms with van der Waals surface area (Å²) in [5.41, 5.74) is -0.0191. The molecule has 0 radical (unpaired) electrons. The van der Waals surface area contributed by atoms with Gasteiger partial charge in [-0.3, -0.25) is 14.5 Å². The number of carbonyl (C=O) groups is 2. The summed E-state index contributed by atoms with van der Waals surface area (Å²) in [6, 6.07) is 8.11. The highest BCUT2D eigenvalue weighted by molar-refractivity contribution is 5.79. The predicted molar refractivity (Wildman–Crippen MR) is 93.0 cm³/mol. The minimum atomic E-state index is -0.435. The van der Waals surface area contributed by atoms with Gasteiger partial charge in [-0.2, -0.15) is 0 Å². The molecule has 1 aromatic heterocycles. The summed E-state index contributed by atoms with van der Waals surface area (Å²) in [6.07, 6.45) is 0. The zero-order valence-corrected chi connectivity index (χ0v) is 14.5. The number of hydrogen-bond donors (Lipinski definition) is 0. The van der Waals surface area contributed by atoms with Crippen molar-refractivity contribution in [2.45, 2.75) is 0 Å². The average Bonchev–Trinajstić information content (AvgIpc) is 2.66. The third-order valence-electron chi connectivity index (χ3n) is 4.26. The number of ether oxygens (including phenoxy) is 2. The summed E-state index contributed by atoms with van der Waals surface area (Å²) in [7, 11) is 1.36. The lowest BCUT2D eigenvalue weighted by Crippen LogP contribution is -2.51. The second-order valence-electron chi connectivity index (χ2n) is 5.98. The minimum absolute atomic E-state index is 0.0976. The van der Waals surface area contributed by atoms with E-state index in [0.717, 1.165) is 5.39 Å². The van der Waals surface area contributed by atoms with E-state index in [2.05, 4.69) is 4.74 Å². The van der Waals surface area contributed by atoms with Crippen LogP contribution in [0.4, 0.5) is 0 Å². The summed E-state index contributed by atoms with van der Waals surface area (Å²) in [6.45, 7) is 2.43. The fraction of sp³-hybridized carbons (Fsp3) is 0.389. The van der Waals surface area contributed by atoms with E-state index in [-0.39, 0.29) is 25.0 Å². The molecule has 1 fully saturated rings. The summed E-state index contributed by atoms with van der Waals surface area (Å²) < 4.78 is 15.3. The van der Waals surface area contributed by atoms with Crippen molar-refractivity contribution in [3.8, 4) is 5.75 Å². The van der Waals surface area contributed by atoms with E-state index >= 15 is 0 Å². The zero-order valence-electron chi connectivity index (χ0n) is 14.5. The van der Waals surface area contributed by atoms with Crippen molar-refractivity contribution in [3.05, 3.63) is 40.8 Å². The first kappa shape index (κ1) is 17.9. The van der Waals surface area contributed by atoms with E-state index in [0.29, 0.717) is 37.5 Å². The highest BCUT2D eigenvalue weighted by atomic mass is 16.5. The van der Waals surface area contributed by atoms with Crippen molar-refractivity contribution < 1.29 is 23.5 Å². The molecule has 26 heavy (non-hydrogen) atoms. The number of nitrogens with zero attached hydrogens (tertiary/aromatic N) is 2. The third kappa shape index (κ3) is 4.40. The number of methoxy groups -OCH3 is 1. The summed E-state index contributed by atoms with van der Waals surface area (Å²) in [5.74, 6) is 0.0536. The molecule has 8 heteroatoms. The Kier molecular flexibility index (Phi) is 5.52. The normalized spacial score (nSPS) is 15.0. The molecule has 3 rings (SSSR count). The molecule has 2 heterocycles.